The van der Waals surface area contributed by atoms with E-state index in [1.807, 2.05) is 30.3 Å². The molecular formula is C19H18N4O4S. The van der Waals surface area contributed by atoms with Crippen molar-refractivity contribution in [2.45, 2.75) is 18.1 Å². The minimum absolute atomic E-state index is 0.129. The van der Waals surface area contributed by atoms with Crippen molar-refractivity contribution in [1.82, 2.24) is 14.8 Å². The number of fused-ring (bicyclic) bond motifs is 1. The Morgan fingerprint density at radius 1 is 1.18 bits per heavy atom. The van der Waals surface area contributed by atoms with Crippen LogP contribution in [0.2, 0.25) is 0 Å². The number of nitrogens with zero attached hydrogens (tertiary/aromatic N) is 2. The number of thioether (sulfide) groups is 1. The number of amides is 1. The van der Waals surface area contributed by atoms with Gasteiger partial charge >= 0.3 is 5.69 Å². The lowest BCUT2D eigenvalue weighted by Gasteiger charge is -2.07. The maximum absolute atomic E-state index is 12.3. The van der Waals surface area contributed by atoms with E-state index >= 15 is 0 Å². The number of carbonyl (C=O) groups is 1. The maximum Gasteiger partial charge on any atom is 0.343 e. The first-order chi connectivity index (χ1) is 13.7. The van der Waals surface area contributed by atoms with Crippen molar-refractivity contribution in [3.63, 3.8) is 0 Å². The minimum atomic E-state index is -0.283. The van der Waals surface area contributed by atoms with Gasteiger partial charge in [-0.05, 0) is 24.1 Å². The van der Waals surface area contributed by atoms with Crippen molar-refractivity contribution in [3.8, 4) is 11.5 Å². The number of hydrogen-bond acceptors (Lipinski definition) is 6. The van der Waals surface area contributed by atoms with Gasteiger partial charge in [0, 0.05) is 18.3 Å². The highest BCUT2D eigenvalue weighted by Crippen LogP contribution is 2.34. The fraction of sp³-hybridized carbons (Fsp3) is 0.211. The molecule has 144 valence electrons. The summed E-state index contributed by atoms with van der Waals surface area (Å²) in [5, 5.41) is 9.77. The molecule has 2 N–H and O–H groups in total. The van der Waals surface area contributed by atoms with Gasteiger partial charge in [-0.3, -0.25) is 9.36 Å². The highest BCUT2D eigenvalue weighted by molar-refractivity contribution is 7.99. The second-order valence-electron chi connectivity index (χ2n) is 6.10. The summed E-state index contributed by atoms with van der Waals surface area (Å²) in [4.78, 5) is 24.3. The largest absolute Gasteiger partial charge is 0.454 e. The second kappa shape index (κ2) is 8.22. The number of aromatic nitrogens is 3. The Bertz CT molecular complexity index is 1030. The molecule has 0 saturated carbocycles. The van der Waals surface area contributed by atoms with Gasteiger partial charge < -0.3 is 14.8 Å². The predicted molar refractivity (Wildman–Crippen MR) is 105 cm³/mol. The van der Waals surface area contributed by atoms with Crippen molar-refractivity contribution < 1.29 is 14.3 Å². The summed E-state index contributed by atoms with van der Waals surface area (Å²) >= 11 is 1.21. The van der Waals surface area contributed by atoms with E-state index < -0.39 is 0 Å². The van der Waals surface area contributed by atoms with Crippen molar-refractivity contribution in [2.75, 3.05) is 17.9 Å². The third kappa shape index (κ3) is 4.20. The molecule has 0 aliphatic carbocycles. The molecule has 0 bridgehead atoms. The quantitative estimate of drug-likeness (QED) is 0.593. The molecule has 0 unspecified atom stereocenters. The van der Waals surface area contributed by atoms with Gasteiger partial charge in [-0.1, -0.05) is 42.1 Å². The fourth-order valence-corrected chi connectivity index (χ4v) is 3.57. The summed E-state index contributed by atoms with van der Waals surface area (Å²) in [6.07, 6.45) is 0.706. The summed E-state index contributed by atoms with van der Waals surface area (Å²) in [7, 11) is 0. The molecule has 0 spiro atoms. The summed E-state index contributed by atoms with van der Waals surface area (Å²) < 4.78 is 12.1. The number of anilines is 1. The third-order valence-electron chi connectivity index (χ3n) is 4.18. The Morgan fingerprint density at radius 3 is 2.86 bits per heavy atom. The summed E-state index contributed by atoms with van der Waals surface area (Å²) in [6.45, 7) is 0.674. The molecule has 3 aromatic rings. The van der Waals surface area contributed by atoms with Crippen LogP contribution in [0, 0.1) is 0 Å². The molecule has 0 saturated heterocycles. The van der Waals surface area contributed by atoms with Crippen LogP contribution in [-0.4, -0.2) is 33.2 Å². The number of carbonyl (C=O) groups excluding carboxylic acids is 1. The van der Waals surface area contributed by atoms with Gasteiger partial charge in [-0.2, -0.15) is 0 Å². The Hall–Kier alpha value is -3.20. The molecule has 2 heterocycles. The number of ether oxygens (including phenoxy) is 2. The number of aryl methyl sites for hydroxylation is 1. The molecule has 8 nitrogen and oxygen atoms in total. The molecule has 0 fully saturated rings. The smallest absolute Gasteiger partial charge is 0.343 e. The Labute approximate surface area is 164 Å². The first-order valence-corrected chi connectivity index (χ1v) is 9.69. The highest BCUT2D eigenvalue weighted by Gasteiger charge is 2.15. The van der Waals surface area contributed by atoms with Crippen molar-refractivity contribution in [2.24, 2.45) is 0 Å². The van der Waals surface area contributed by atoms with Crippen LogP contribution in [-0.2, 0) is 17.8 Å². The van der Waals surface area contributed by atoms with Crippen LogP contribution in [0.5, 0.6) is 11.5 Å². The van der Waals surface area contributed by atoms with E-state index in [1.165, 1.54) is 11.8 Å². The fourth-order valence-electron chi connectivity index (χ4n) is 2.80. The summed E-state index contributed by atoms with van der Waals surface area (Å²) in [5.41, 5.74) is 1.47. The second-order valence-corrected chi connectivity index (χ2v) is 7.05. The number of nitrogens with one attached hydrogen (secondary N) is 2. The van der Waals surface area contributed by atoms with E-state index in [1.54, 1.807) is 22.8 Å². The van der Waals surface area contributed by atoms with Gasteiger partial charge in [0.15, 0.2) is 16.7 Å². The zero-order valence-electron chi connectivity index (χ0n) is 14.9. The molecule has 1 amide bonds. The topological polar surface area (TPSA) is 98.2 Å². The minimum Gasteiger partial charge on any atom is -0.454 e. The SMILES string of the molecule is O=C(CSc1n[nH]c(=O)n1CCc1ccccc1)Nc1ccc2c(c1)OCO2. The molecule has 0 atom stereocenters. The van der Waals surface area contributed by atoms with E-state index in [4.69, 9.17) is 9.47 Å². The molecule has 4 rings (SSSR count). The Kier molecular flexibility index (Phi) is 5.34. The zero-order valence-corrected chi connectivity index (χ0v) is 15.7. The third-order valence-corrected chi connectivity index (χ3v) is 5.16. The lowest BCUT2D eigenvalue weighted by Crippen LogP contribution is -2.20. The van der Waals surface area contributed by atoms with Gasteiger partial charge in [-0.25, -0.2) is 9.89 Å². The Balaban J connectivity index is 1.34. The van der Waals surface area contributed by atoms with Crippen LogP contribution in [0.1, 0.15) is 5.56 Å². The van der Waals surface area contributed by atoms with Crippen LogP contribution < -0.4 is 20.5 Å². The van der Waals surface area contributed by atoms with E-state index in [-0.39, 0.29) is 24.1 Å². The first-order valence-electron chi connectivity index (χ1n) is 8.70. The van der Waals surface area contributed by atoms with E-state index in [0.717, 1.165) is 5.56 Å². The van der Waals surface area contributed by atoms with Crippen LogP contribution in [0.15, 0.2) is 58.5 Å². The van der Waals surface area contributed by atoms with Gasteiger partial charge in [0.25, 0.3) is 0 Å². The van der Waals surface area contributed by atoms with Gasteiger partial charge in [0.2, 0.25) is 12.7 Å². The van der Waals surface area contributed by atoms with Crippen molar-refractivity contribution in [1.29, 1.82) is 0 Å². The van der Waals surface area contributed by atoms with Gasteiger partial charge in [0.05, 0.1) is 5.75 Å². The average molecular weight is 398 g/mol. The van der Waals surface area contributed by atoms with E-state index in [9.17, 15) is 9.59 Å². The van der Waals surface area contributed by atoms with Crippen LogP contribution >= 0.6 is 11.8 Å². The summed E-state index contributed by atoms with van der Waals surface area (Å²) in [5.74, 6) is 1.19. The first kappa shape index (κ1) is 18.2. The number of H-pyrrole nitrogens is 1. The molecule has 28 heavy (non-hydrogen) atoms. The normalized spacial score (nSPS) is 12.1. The molecular weight excluding hydrogens is 380 g/mol. The van der Waals surface area contributed by atoms with Gasteiger partial charge in [-0.15, -0.1) is 5.10 Å². The molecule has 1 aliphatic heterocycles. The van der Waals surface area contributed by atoms with Crippen LogP contribution in [0.25, 0.3) is 0 Å². The lowest BCUT2D eigenvalue weighted by molar-refractivity contribution is -0.113. The van der Waals surface area contributed by atoms with Crippen LogP contribution in [0.3, 0.4) is 0 Å². The number of benzene rings is 2. The van der Waals surface area contributed by atoms with E-state index in [0.29, 0.717) is 35.3 Å². The molecule has 0 radical (unpaired) electrons. The summed E-state index contributed by atoms with van der Waals surface area (Å²) in [6, 6.07) is 15.1. The molecule has 1 aromatic heterocycles. The lowest BCUT2D eigenvalue weighted by atomic mass is 10.1. The monoisotopic (exact) mass is 398 g/mol. The maximum atomic E-state index is 12.3. The predicted octanol–water partition coefficient (Wildman–Crippen LogP) is 2.27. The average Bonchev–Trinajstić information content (AvgIpc) is 3.31. The van der Waals surface area contributed by atoms with Gasteiger partial charge in [0.1, 0.15) is 0 Å². The van der Waals surface area contributed by atoms with E-state index in [2.05, 4.69) is 15.5 Å². The zero-order chi connectivity index (χ0) is 19.3. The number of rotatable bonds is 7. The number of hydrogen-bond donors (Lipinski definition) is 2. The molecule has 2 aromatic carbocycles. The molecule has 1 aliphatic rings. The molecule has 9 heteroatoms. The Morgan fingerprint density at radius 2 is 2.00 bits per heavy atom. The van der Waals surface area contributed by atoms with Crippen LogP contribution in [0.4, 0.5) is 5.69 Å². The number of aromatic amines is 1. The van der Waals surface area contributed by atoms with Crippen molar-refractivity contribution >= 4 is 23.4 Å². The van der Waals surface area contributed by atoms with Crippen molar-refractivity contribution in [3.05, 3.63) is 64.6 Å². The highest BCUT2D eigenvalue weighted by atomic mass is 32.2. The standard InChI is InChI=1S/C19H18N4O4S/c24-17(20-14-6-7-15-16(10-14)27-12-26-15)11-28-19-22-21-18(25)23(19)9-8-13-4-2-1-3-5-13/h1-7,10H,8-9,11-12H2,(H,20,24)(H,21,25).